The van der Waals surface area contributed by atoms with E-state index in [1.54, 1.807) is 0 Å². The van der Waals surface area contributed by atoms with Gasteiger partial charge >= 0.3 is 0 Å². The van der Waals surface area contributed by atoms with Crippen molar-refractivity contribution in [1.82, 2.24) is 15.1 Å². The monoisotopic (exact) mass is 315 g/mol. The molecule has 1 aromatic carbocycles. The van der Waals surface area contributed by atoms with Crippen LogP contribution in [0.2, 0.25) is 0 Å². The Morgan fingerprint density at radius 2 is 1.83 bits per heavy atom. The first-order chi connectivity index (χ1) is 11.1. The van der Waals surface area contributed by atoms with Gasteiger partial charge in [0.25, 0.3) is 5.89 Å². The first-order valence-electron chi connectivity index (χ1n) is 8.36. The highest BCUT2D eigenvalue weighted by molar-refractivity contribution is 5.29. The van der Waals surface area contributed by atoms with Crippen LogP contribution in [0.15, 0.2) is 34.7 Å². The van der Waals surface area contributed by atoms with Gasteiger partial charge in [-0.1, -0.05) is 49.6 Å². The normalized spacial score (nSPS) is 19.0. The fourth-order valence-electron chi connectivity index (χ4n) is 3.49. The van der Waals surface area contributed by atoms with Gasteiger partial charge in [0, 0.05) is 5.92 Å². The topological polar surface area (TPSA) is 62.4 Å². The zero-order valence-corrected chi connectivity index (χ0v) is 13.9. The summed E-state index contributed by atoms with van der Waals surface area (Å²) in [5, 5.41) is 19.9. The maximum atomic E-state index is 11.6. The maximum Gasteiger partial charge on any atom is 0.252 e. The number of nitrogens with zero attached hydrogens (tertiary/aromatic N) is 3. The average molecular weight is 315 g/mol. The summed E-state index contributed by atoms with van der Waals surface area (Å²) >= 11 is 0. The third-order valence-electron chi connectivity index (χ3n) is 4.65. The predicted molar refractivity (Wildman–Crippen MR) is 87.7 cm³/mol. The molecule has 1 aliphatic rings. The van der Waals surface area contributed by atoms with Crippen LogP contribution in [0.4, 0.5) is 0 Å². The van der Waals surface area contributed by atoms with Crippen molar-refractivity contribution in [3.63, 3.8) is 0 Å². The van der Waals surface area contributed by atoms with Gasteiger partial charge in [-0.25, -0.2) is 0 Å². The largest absolute Gasteiger partial charge is 0.420 e. The molecule has 2 aromatic rings. The van der Waals surface area contributed by atoms with E-state index < -0.39 is 5.60 Å². The van der Waals surface area contributed by atoms with E-state index in [1.807, 2.05) is 49.3 Å². The molecule has 0 unspecified atom stereocenters. The van der Waals surface area contributed by atoms with Crippen LogP contribution in [0.3, 0.4) is 0 Å². The molecule has 1 heterocycles. The minimum Gasteiger partial charge on any atom is -0.420 e. The van der Waals surface area contributed by atoms with Gasteiger partial charge in [-0.3, -0.25) is 0 Å². The number of benzene rings is 1. The van der Waals surface area contributed by atoms with Crippen molar-refractivity contribution < 1.29 is 9.52 Å². The highest BCUT2D eigenvalue weighted by Crippen LogP contribution is 2.43. The van der Waals surface area contributed by atoms with Crippen LogP contribution in [0.1, 0.15) is 49.4 Å². The van der Waals surface area contributed by atoms with Crippen molar-refractivity contribution in [2.45, 2.75) is 44.2 Å². The van der Waals surface area contributed by atoms with Crippen molar-refractivity contribution in [2.75, 3.05) is 14.1 Å². The van der Waals surface area contributed by atoms with Gasteiger partial charge in [-0.15, -0.1) is 10.2 Å². The maximum absolute atomic E-state index is 11.6. The van der Waals surface area contributed by atoms with Gasteiger partial charge in [0.05, 0.1) is 6.54 Å². The summed E-state index contributed by atoms with van der Waals surface area (Å²) in [5.74, 6) is 0.980. The molecule has 1 aliphatic carbocycles. The Bertz CT molecular complexity index is 620. The third kappa shape index (κ3) is 3.31. The SMILES string of the molecule is CN(C)Cc1nnc([C@](O)(c2ccccc2)C2CCCCC2)o1. The van der Waals surface area contributed by atoms with Crippen molar-refractivity contribution >= 4 is 0 Å². The van der Waals surface area contributed by atoms with E-state index in [0.717, 1.165) is 31.2 Å². The van der Waals surface area contributed by atoms with E-state index >= 15 is 0 Å². The van der Waals surface area contributed by atoms with Crippen molar-refractivity contribution in [1.29, 1.82) is 0 Å². The molecule has 3 rings (SSSR count). The van der Waals surface area contributed by atoms with Gasteiger partial charge in [-0.2, -0.15) is 0 Å². The standard InChI is InChI=1S/C18H25N3O2/c1-21(2)13-16-19-20-17(23-16)18(22,14-9-5-3-6-10-14)15-11-7-4-8-12-15/h3,5-6,9-10,15,22H,4,7-8,11-13H2,1-2H3/t18-/m0/s1. The molecule has 23 heavy (non-hydrogen) atoms. The Morgan fingerprint density at radius 3 is 2.48 bits per heavy atom. The lowest BCUT2D eigenvalue weighted by Crippen LogP contribution is -2.38. The molecule has 1 N–H and O–H groups in total. The van der Waals surface area contributed by atoms with E-state index in [0.29, 0.717) is 18.3 Å². The second kappa shape index (κ2) is 6.81. The van der Waals surface area contributed by atoms with E-state index in [2.05, 4.69) is 10.2 Å². The van der Waals surface area contributed by atoms with Gasteiger partial charge in [0.2, 0.25) is 5.89 Å². The second-order valence-electron chi connectivity index (χ2n) is 6.71. The molecule has 0 amide bonds. The summed E-state index contributed by atoms with van der Waals surface area (Å²) in [6.45, 7) is 0.572. The van der Waals surface area contributed by atoms with Crippen LogP contribution < -0.4 is 0 Å². The molecule has 0 bridgehead atoms. The van der Waals surface area contributed by atoms with Crippen LogP contribution >= 0.6 is 0 Å². The predicted octanol–water partition coefficient (Wildman–Crippen LogP) is 2.95. The Kier molecular flexibility index (Phi) is 4.78. The molecule has 5 nitrogen and oxygen atoms in total. The highest BCUT2D eigenvalue weighted by atomic mass is 16.4. The fraction of sp³-hybridized carbons (Fsp3) is 0.556. The number of aliphatic hydroxyl groups is 1. The zero-order valence-electron chi connectivity index (χ0n) is 13.9. The summed E-state index contributed by atoms with van der Waals surface area (Å²) in [6, 6.07) is 9.74. The smallest absolute Gasteiger partial charge is 0.252 e. The van der Waals surface area contributed by atoms with Gasteiger partial charge in [0.1, 0.15) is 0 Å². The number of hydrogen-bond donors (Lipinski definition) is 1. The molecule has 124 valence electrons. The molecular weight excluding hydrogens is 290 g/mol. The Balaban J connectivity index is 1.99. The zero-order chi connectivity index (χ0) is 16.3. The van der Waals surface area contributed by atoms with E-state index in [9.17, 15) is 5.11 Å². The van der Waals surface area contributed by atoms with Crippen molar-refractivity contribution in [3.8, 4) is 0 Å². The molecule has 0 aliphatic heterocycles. The average Bonchev–Trinajstić information content (AvgIpc) is 3.04. The molecule has 1 atom stereocenters. The molecule has 0 saturated heterocycles. The third-order valence-corrected chi connectivity index (χ3v) is 4.65. The van der Waals surface area contributed by atoms with Gasteiger partial charge in [0.15, 0.2) is 5.60 Å². The van der Waals surface area contributed by atoms with Gasteiger partial charge in [-0.05, 0) is 32.5 Å². The summed E-state index contributed by atoms with van der Waals surface area (Å²) < 4.78 is 5.85. The van der Waals surface area contributed by atoms with Crippen LogP contribution in [0.25, 0.3) is 0 Å². The summed E-state index contributed by atoms with van der Waals surface area (Å²) in [6.07, 6.45) is 5.47. The van der Waals surface area contributed by atoms with Crippen LogP contribution in [0.5, 0.6) is 0 Å². The minimum absolute atomic E-state index is 0.117. The van der Waals surface area contributed by atoms with E-state index in [1.165, 1.54) is 6.42 Å². The molecule has 1 aromatic heterocycles. The highest BCUT2D eigenvalue weighted by Gasteiger charge is 2.45. The molecule has 0 spiro atoms. The Hall–Kier alpha value is -1.72. The molecule has 1 saturated carbocycles. The summed E-state index contributed by atoms with van der Waals surface area (Å²) in [5.41, 5.74) is -0.355. The molecular formula is C18H25N3O2. The quantitative estimate of drug-likeness (QED) is 0.919. The van der Waals surface area contributed by atoms with Crippen molar-refractivity contribution in [2.24, 2.45) is 5.92 Å². The second-order valence-corrected chi connectivity index (χ2v) is 6.71. The Morgan fingerprint density at radius 1 is 1.13 bits per heavy atom. The summed E-state index contributed by atoms with van der Waals surface area (Å²) in [4.78, 5) is 1.97. The molecule has 1 fully saturated rings. The summed E-state index contributed by atoms with van der Waals surface area (Å²) in [7, 11) is 3.91. The lowest BCUT2D eigenvalue weighted by molar-refractivity contribution is -0.0242. The van der Waals surface area contributed by atoms with Gasteiger partial charge < -0.3 is 14.4 Å². The molecule has 0 radical (unpaired) electrons. The number of rotatable bonds is 5. The van der Waals surface area contributed by atoms with Crippen LogP contribution in [-0.2, 0) is 12.1 Å². The van der Waals surface area contributed by atoms with E-state index in [4.69, 9.17) is 4.42 Å². The molecule has 5 heteroatoms. The van der Waals surface area contributed by atoms with Crippen molar-refractivity contribution in [3.05, 3.63) is 47.7 Å². The minimum atomic E-state index is -1.20. The van der Waals surface area contributed by atoms with E-state index in [-0.39, 0.29) is 5.92 Å². The number of aromatic nitrogens is 2. The lowest BCUT2D eigenvalue weighted by atomic mass is 9.73. The first kappa shape index (κ1) is 16.1. The lowest BCUT2D eigenvalue weighted by Gasteiger charge is -2.36. The van der Waals surface area contributed by atoms with Crippen LogP contribution in [0, 0.1) is 5.92 Å². The van der Waals surface area contributed by atoms with Crippen LogP contribution in [-0.4, -0.2) is 34.3 Å². The first-order valence-corrected chi connectivity index (χ1v) is 8.36. The fourth-order valence-corrected chi connectivity index (χ4v) is 3.49. The number of hydrogen-bond acceptors (Lipinski definition) is 5. The Labute approximate surface area is 137 Å².